The average molecular weight is 349 g/mol. The molecule has 5 heteroatoms. The molecule has 1 aromatic carbocycles. The maximum absolute atomic E-state index is 12.3. The molecule has 24 heavy (non-hydrogen) atoms. The summed E-state index contributed by atoms with van der Waals surface area (Å²) < 4.78 is 0. The lowest BCUT2D eigenvalue weighted by Gasteiger charge is -2.39. The summed E-state index contributed by atoms with van der Waals surface area (Å²) in [7, 11) is 0. The number of rotatable bonds is 4. The quantitative estimate of drug-likeness (QED) is 0.876. The molecule has 0 radical (unpaired) electrons. The molecule has 0 heterocycles. The van der Waals surface area contributed by atoms with Gasteiger partial charge in [-0.1, -0.05) is 44.5 Å². The zero-order valence-corrected chi connectivity index (χ0v) is 15.2. The number of fused-ring (bicyclic) bond motifs is 2. The van der Waals surface area contributed by atoms with Crippen molar-refractivity contribution in [1.29, 1.82) is 0 Å². The Kier molecular flexibility index (Phi) is 4.37. The first-order chi connectivity index (χ1) is 11.3. The molecule has 2 N–H and O–H groups in total. The number of nitrogens with one attached hydrogen (secondary N) is 2. The summed E-state index contributed by atoms with van der Waals surface area (Å²) in [4.78, 5) is 24.4. The Balaban J connectivity index is 1.56. The fourth-order valence-corrected chi connectivity index (χ4v) is 4.79. The SMILES string of the molecule is CC1(C)[C@H]2CC[C@@]1(C)[C@H](NC(=O)CNC(=O)c1ccccc1Cl)C2. The van der Waals surface area contributed by atoms with Crippen LogP contribution in [0.15, 0.2) is 24.3 Å². The second-order valence-corrected chi connectivity index (χ2v) is 8.30. The summed E-state index contributed by atoms with van der Waals surface area (Å²) >= 11 is 6.00. The molecule has 2 amide bonds. The van der Waals surface area contributed by atoms with Crippen LogP contribution in [0.1, 0.15) is 50.4 Å². The highest BCUT2D eigenvalue weighted by Crippen LogP contribution is 2.65. The number of benzene rings is 1. The first-order valence-electron chi connectivity index (χ1n) is 8.58. The Labute approximate surface area is 148 Å². The maximum atomic E-state index is 12.3. The molecule has 0 unspecified atom stereocenters. The zero-order valence-electron chi connectivity index (χ0n) is 14.5. The van der Waals surface area contributed by atoms with Crippen molar-refractivity contribution >= 4 is 23.4 Å². The molecule has 0 saturated heterocycles. The molecule has 130 valence electrons. The van der Waals surface area contributed by atoms with Crippen molar-refractivity contribution in [2.24, 2.45) is 16.7 Å². The van der Waals surface area contributed by atoms with Gasteiger partial charge in [0.25, 0.3) is 5.91 Å². The van der Waals surface area contributed by atoms with E-state index in [4.69, 9.17) is 11.6 Å². The second-order valence-electron chi connectivity index (χ2n) is 7.89. The molecule has 3 atom stereocenters. The third-order valence-electron chi connectivity index (χ3n) is 6.66. The Hall–Kier alpha value is -1.55. The molecule has 2 aliphatic carbocycles. The molecule has 1 aromatic rings. The van der Waals surface area contributed by atoms with E-state index in [1.165, 1.54) is 6.42 Å². The number of carbonyl (C=O) groups is 2. The number of halogens is 1. The highest BCUT2D eigenvalue weighted by molar-refractivity contribution is 6.33. The summed E-state index contributed by atoms with van der Waals surface area (Å²) in [6.45, 7) is 6.89. The van der Waals surface area contributed by atoms with Gasteiger partial charge in [0.2, 0.25) is 5.91 Å². The van der Waals surface area contributed by atoms with Crippen LogP contribution in [0.4, 0.5) is 0 Å². The van der Waals surface area contributed by atoms with Crippen molar-refractivity contribution in [3.8, 4) is 0 Å². The van der Waals surface area contributed by atoms with Crippen molar-refractivity contribution in [3.63, 3.8) is 0 Å². The number of hydrogen-bond donors (Lipinski definition) is 2. The van der Waals surface area contributed by atoms with Crippen molar-refractivity contribution < 1.29 is 9.59 Å². The van der Waals surface area contributed by atoms with Gasteiger partial charge in [-0.3, -0.25) is 9.59 Å². The van der Waals surface area contributed by atoms with Crippen LogP contribution < -0.4 is 10.6 Å². The van der Waals surface area contributed by atoms with Gasteiger partial charge in [0.1, 0.15) is 0 Å². The molecule has 3 rings (SSSR count). The van der Waals surface area contributed by atoms with Crippen molar-refractivity contribution in [2.45, 2.75) is 46.1 Å². The highest BCUT2D eigenvalue weighted by atomic mass is 35.5. The zero-order chi connectivity index (χ0) is 17.5. The van der Waals surface area contributed by atoms with E-state index in [1.54, 1.807) is 24.3 Å². The molecule has 2 saturated carbocycles. The normalized spacial score (nSPS) is 30.2. The van der Waals surface area contributed by atoms with Crippen LogP contribution in [-0.4, -0.2) is 24.4 Å². The predicted octanol–water partition coefficient (Wildman–Crippen LogP) is 3.40. The van der Waals surface area contributed by atoms with Gasteiger partial charge < -0.3 is 10.6 Å². The van der Waals surface area contributed by atoms with Crippen LogP contribution in [0.25, 0.3) is 0 Å². The fourth-order valence-electron chi connectivity index (χ4n) is 4.57. The first-order valence-corrected chi connectivity index (χ1v) is 8.95. The molecule has 0 aliphatic heterocycles. The molecule has 0 aromatic heterocycles. The number of hydrogen-bond acceptors (Lipinski definition) is 2. The van der Waals surface area contributed by atoms with Crippen LogP contribution in [0.5, 0.6) is 0 Å². The minimum absolute atomic E-state index is 0.0261. The monoisotopic (exact) mass is 348 g/mol. The van der Waals surface area contributed by atoms with E-state index in [0.29, 0.717) is 16.5 Å². The van der Waals surface area contributed by atoms with Gasteiger partial charge >= 0.3 is 0 Å². The number of amides is 2. The van der Waals surface area contributed by atoms with E-state index in [1.807, 2.05) is 0 Å². The van der Waals surface area contributed by atoms with E-state index < -0.39 is 0 Å². The van der Waals surface area contributed by atoms with Gasteiger partial charge in [-0.25, -0.2) is 0 Å². The summed E-state index contributed by atoms with van der Waals surface area (Å²) in [5, 5.41) is 6.18. The molecule has 4 nitrogen and oxygen atoms in total. The molecule has 0 spiro atoms. The minimum Gasteiger partial charge on any atom is -0.351 e. The molecule has 2 bridgehead atoms. The van der Waals surface area contributed by atoms with Gasteiger partial charge in [0.05, 0.1) is 17.1 Å². The maximum Gasteiger partial charge on any atom is 0.253 e. The highest BCUT2D eigenvalue weighted by Gasteiger charge is 2.61. The van der Waals surface area contributed by atoms with Gasteiger partial charge in [-0.05, 0) is 48.1 Å². The Morgan fingerprint density at radius 2 is 1.96 bits per heavy atom. The van der Waals surface area contributed by atoms with Gasteiger partial charge in [0.15, 0.2) is 0 Å². The summed E-state index contributed by atoms with van der Waals surface area (Å²) in [5.74, 6) is 0.214. The van der Waals surface area contributed by atoms with Gasteiger partial charge in [0, 0.05) is 6.04 Å². The second kappa shape index (κ2) is 6.07. The van der Waals surface area contributed by atoms with Crippen LogP contribution in [0.3, 0.4) is 0 Å². The molecular formula is C19H25ClN2O2. The smallest absolute Gasteiger partial charge is 0.253 e. The molecule has 2 aliphatic rings. The fraction of sp³-hybridized carbons (Fsp3) is 0.579. The first kappa shape index (κ1) is 17.3. The lowest BCUT2D eigenvalue weighted by molar-refractivity contribution is -0.121. The van der Waals surface area contributed by atoms with Crippen molar-refractivity contribution in [2.75, 3.05) is 6.54 Å². The third kappa shape index (κ3) is 2.71. The topological polar surface area (TPSA) is 58.2 Å². The summed E-state index contributed by atoms with van der Waals surface area (Å²) in [5.41, 5.74) is 0.784. The largest absolute Gasteiger partial charge is 0.351 e. The van der Waals surface area contributed by atoms with E-state index in [0.717, 1.165) is 12.8 Å². The van der Waals surface area contributed by atoms with E-state index in [9.17, 15) is 9.59 Å². The van der Waals surface area contributed by atoms with Gasteiger partial charge in [-0.15, -0.1) is 0 Å². The van der Waals surface area contributed by atoms with Crippen molar-refractivity contribution in [3.05, 3.63) is 34.9 Å². The standard InChI is InChI=1S/C19H25ClN2O2/c1-18(2)12-8-9-19(18,3)15(10-12)22-16(23)11-21-17(24)13-6-4-5-7-14(13)20/h4-7,12,15H,8-11H2,1-3H3,(H,21,24)(H,22,23)/t12-,15+,19-/m0/s1. The Bertz CT molecular complexity index is 673. The molecule has 2 fully saturated rings. The van der Waals surface area contributed by atoms with Crippen molar-refractivity contribution in [1.82, 2.24) is 10.6 Å². The molecular weight excluding hydrogens is 324 g/mol. The van der Waals surface area contributed by atoms with Crippen LogP contribution in [0, 0.1) is 16.7 Å². The lowest BCUT2D eigenvalue weighted by atomic mass is 9.69. The minimum atomic E-state index is -0.324. The summed E-state index contributed by atoms with van der Waals surface area (Å²) in [6, 6.07) is 7.02. The predicted molar refractivity (Wildman–Crippen MR) is 94.9 cm³/mol. The average Bonchev–Trinajstić information content (AvgIpc) is 2.86. The summed E-state index contributed by atoms with van der Waals surface area (Å²) in [6.07, 6.45) is 3.44. The van der Waals surface area contributed by atoms with Crippen LogP contribution >= 0.6 is 11.6 Å². The van der Waals surface area contributed by atoms with Crippen LogP contribution in [-0.2, 0) is 4.79 Å². The third-order valence-corrected chi connectivity index (χ3v) is 6.99. The van der Waals surface area contributed by atoms with E-state index in [-0.39, 0.29) is 35.2 Å². The van der Waals surface area contributed by atoms with Crippen LogP contribution in [0.2, 0.25) is 5.02 Å². The number of carbonyl (C=O) groups excluding carboxylic acids is 2. The van der Waals surface area contributed by atoms with Gasteiger partial charge in [-0.2, -0.15) is 0 Å². The Morgan fingerprint density at radius 1 is 1.25 bits per heavy atom. The Morgan fingerprint density at radius 3 is 2.54 bits per heavy atom. The lowest BCUT2D eigenvalue weighted by Crippen LogP contribution is -2.49. The van der Waals surface area contributed by atoms with E-state index in [2.05, 4.69) is 31.4 Å². The van der Waals surface area contributed by atoms with E-state index >= 15 is 0 Å².